The average Bonchev–Trinajstić information content (AvgIpc) is 3.02. The van der Waals surface area contributed by atoms with Crippen molar-refractivity contribution in [3.63, 3.8) is 0 Å². The van der Waals surface area contributed by atoms with Crippen molar-refractivity contribution in [3.05, 3.63) is 40.1 Å². The van der Waals surface area contributed by atoms with Crippen LogP contribution in [0.1, 0.15) is 5.82 Å². The van der Waals surface area contributed by atoms with Gasteiger partial charge in [-0.1, -0.05) is 0 Å². The molecule has 1 heterocycles. The minimum Gasteiger partial charge on any atom is -0.494 e. The Morgan fingerprint density at radius 3 is 2.95 bits per heavy atom. The van der Waals surface area contributed by atoms with Crippen LogP contribution < -0.4 is 10.1 Å². The van der Waals surface area contributed by atoms with Crippen LogP contribution in [-0.2, 0) is 0 Å². The van der Waals surface area contributed by atoms with Gasteiger partial charge in [0.2, 0.25) is 11.6 Å². The van der Waals surface area contributed by atoms with E-state index in [0.717, 1.165) is 12.1 Å². The number of nitro groups is 1. The van der Waals surface area contributed by atoms with Gasteiger partial charge in [0.1, 0.15) is 17.4 Å². The molecule has 2 N–H and O–H groups in total. The minimum atomic E-state index is -1.04. The second-order valence-corrected chi connectivity index (χ2v) is 3.81. The van der Waals surface area contributed by atoms with E-state index >= 15 is 0 Å². The predicted molar refractivity (Wildman–Crippen MR) is 71.0 cm³/mol. The number of aromatic amines is 1. The molecule has 10 nitrogen and oxygen atoms in total. The Hall–Kier alpha value is -3.55. The molecule has 1 aromatic carbocycles. The van der Waals surface area contributed by atoms with Crippen molar-refractivity contribution in [1.82, 2.24) is 20.6 Å². The second kappa shape index (κ2) is 6.27. The number of halogens is 1. The largest absolute Gasteiger partial charge is 0.494 e. The van der Waals surface area contributed by atoms with Crippen LogP contribution >= 0.6 is 0 Å². The number of anilines is 1. The number of rotatable bonds is 5. The molecular weight excluding hydrogens is 297 g/mol. The molecule has 0 atom stereocenters. The van der Waals surface area contributed by atoms with Crippen molar-refractivity contribution < 1.29 is 14.1 Å². The van der Waals surface area contributed by atoms with Crippen LogP contribution in [0.25, 0.3) is 5.57 Å². The molecule has 11 heteroatoms. The molecule has 2 aromatic rings. The van der Waals surface area contributed by atoms with Crippen LogP contribution in [0.5, 0.6) is 5.75 Å². The lowest BCUT2D eigenvalue weighted by molar-refractivity contribution is -0.387. The first-order valence-electron chi connectivity index (χ1n) is 5.69. The lowest BCUT2D eigenvalue weighted by Gasteiger charge is -2.08. The van der Waals surface area contributed by atoms with Crippen molar-refractivity contribution in [2.75, 3.05) is 12.4 Å². The van der Waals surface area contributed by atoms with Crippen LogP contribution in [0, 0.1) is 27.3 Å². The third-order valence-corrected chi connectivity index (χ3v) is 2.54. The molecule has 0 aliphatic heterocycles. The van der Waals surface area contributed by atoms with Gasteiger partial charge in [-0.25, -0.2) is 0 Å². The summed E-state index contributed by atoms with van der Waals surface area (Å²) in [6, 6.07) is 3.65. The maximum Gasteiger partial charge on any atom is 0.308 e. The summed E-state index contributed by atoms with van der Waals surface area (Å²) in [5, 5.41) is 35.0. The molecule has 2 rings (SSSR count). The summed E-state index contributed by atoms with van der Waals surface area (Å²) in [5.41, 5.74) is -0.596. The number of aromatic nitrogens is 4. The Morgan fingerprint density at radius 2 is 2.41 bits per heavy atom. The molecule has 0 bridgehead atoms. The summed E-state index contributed by atoms with van der Waals surface area (Å²) in [5.74, 6) is -0.967. The number of nitriles is 1. The van der Waals surface area contributed by atoms with Gasteiger partial charge in [0.25, 0.3) is 0 Å². The standard InChI is InChI=1S/C11H8FN7O3/c1-22-10-3-9(19(20)21)7(12)2-8(10)14-5-6(4-13)11-15-17-18-16-11/h2-3,5,14H,1H3,(H,15,16,17,18). The Morgan fingerprint density at radius 1 is 1.64 bits per heavy atom. The third kappa shape index (κ3) is 2.96. The van der Waals surface area contributed by atoms with E-state index in [4.69, 9.17) is 10.00 Å². The number of methoxy groups -OCH3 is 1. The summed E-state index contributed by atoms with van der Waals surface area (Å²) in [7, 11) is 1.27. The zero-order valence-corrected chi connectivity index (χ0v) is 11.1. The number of benzene rings is 1. The zero-order chi connectivity index (χ0) is 16.1. The first kappa shape index (κ1) is 14.9. The van der Waals surface area contributed by atoms with E-state index in [-0.39, 0.29) is 22.8 Å². The molecule has 0 aliphatic carbocycles. The summed E-state index contributed by atoms with van der Waals surface area (Å²) >= 11 is 0. The lowest BCUT2D eigenvalue weighted by atomic mass is 10.2. The number of hydrogen-bond acceptors (Lipinski definition) is 8. The molecular formula is C11H8FN7O3. The fourth-order valence-electron chi connectivity index (χ4n) is 1.54. The van der Waals surface area contributed by atoms with Crippen molar-refractivity contribution in [3.8, 4) is 11.8 Å². The number of allylic oxidation sites excluding steroid dienone is 1. The van der Waals surface area contributed by atoms with Gasteiger partial charge in [0.05, 0.1) is 23.8 Å². The van der Waals surface area contributed by atoms with Crippen molar-refractivity contribution in [1.29, 1.82) is 5.26 Å². The molecule has 0 amide bonds. The van der Waals surface area contributed by atoms with E-state index in [1.54, 1.807) is 0 Å². The highest BCUT2D eigenvalue weighted by Crippen LogP contribution is 2.32. The molecule has 0 radical (unpaired) electrons. The first-order chi connectivity index (χ1) is 10.6. The van der Waals surface area contributed by atoms with Gasteiger partial charge in [-0.15, -0.1) is 10.2 Å². The van der Waals surface area contributed by atoms with Crippen molar-refractivity contribution in [2.24, 2.45) is 0 Å². The van der Waals surface area contributed by atoms with Gasteiger partial charge >= 0.3 is 5.69 Å². The van der Waals surface area contributed by atoms with Crippen molar-refractivity contribution >= 4 is 16.9 Å². The van der Waals surface area contributed by atoms with Crippen LogP contribution in [-0.4, -0.2) is 32.7 Å². The average molecular weight is 305 g/mol. The molecule has 0 unspecified atom stereocenters. The topological polar surface area (TPSA) is 143 Å². The van der Waals surface area contributed by atoms with E-state index < -0.39 is 16.4 Å². The summed E-state index contributed by atoms with van der Waals surface area (Å²) in [6.45, 7) is 0. The number of H-pyrrole nitrogens is 1. The third-order valence-electron chi connectivity index (χ3n) is 2.54. The minimum absolute atomic E-state index is 0.0227. The number of tetrazole rings is 1. The molecule has 0 saturated heterocycles. The second-order valence-electron chi connectivity index (χ2n) is 3.81. The highest BCUT2D eigenvalue weighted by molar-refractivity contribution is 5.75. The fourth-order valence-corrected chi connectivity index (χ4v) is 1.54. The maximum atomic E-state index is 13.6. The number of nitrogens with one attached hydrogen (secondary N) is 2. The van der Waals surface area contributed by atoms with Crippen LogP contribution in [0.2, 0.25) is 0 Å². The molecule has 112 valence electrons. The Bertz CT molecular complexity index is 767. The normalized spacial score (nSPS) is 10.9. The van der Waals surface area contributed by atoms with Gasteiger partial charge in [0, 0.05) is 12.3 Å². The molecule has 0 saturated carbocycles. The van der Waals surface area contributed by atoms with E-state index in [2.05, 4.69) is 25.9 Å². The van der Waals surface area contributed by atoms with E-state index in [1.807, 2.05) is 6.07 Å². The quantitative estimate of drug-likeness (QED) is 0.477. The Balaban J connectivity index is 2.35. The maximum absolute atomic E-state index is 13.6. The van der Waals surface area contributed by atoms with Gasteiger partial charge in [-0.2, -0.15) is 14.9 Å². The van der Waals surface area contributed by atoms with Crippen molar-refractivity contribution in [2.45, 2.75) is 0 Å². The Kier molecular flexibility index (Phi) is 4.23. The van der Waals surface area contributed by atoms with Gasteiger partial charge < -0.3 is 10.1 Å². The highest BCUT2D eigenvalue weighted by Gasteiger charge is 2.18. The van der Waals surface area contributed by atoms with Gasteiger partial charge in [-0.3, -0.25) is 10.1 Å². The number of hydrogen-bond donors (Lipinski definition) is 2. The predicted octanol–water partition coefficient (Wildman–Crippen LogP) is 1.23. The fraction of sp³-hybridized carbons (Fsp3) is 0.0909. The zero-order valence-electron chi connectivity index (χ0n) is 11.1. The molecule has 1 aromatic heterocycles. The van der Waals surface area contributed by atoms with E-state index in [0.29, 0.717) is 0 Å². The molecule has 22 heavy (non-hydrogen) atoms. The molecule has 0 fully saturated rings. The lowest BCUT2D eigenvalue weighted by Crippen LogP contribution is -1.99. The first-order valence-corrected chi connectivity index (χ1v) is 5.69. The van der Waals surface area contributed by atoms with Crippen LogP contribution in [0.15, 0.2) is 18.3 Å². The van der Waals surface area contributed by atoms with Gasteiger partial charge in [-0.05, 0) is 5.21 Å². The smallest absolute Gasteiger partial charge is 0.308 e. The highest BCUT2D eigenvalue weighted by atomic mass is 19.1. The number of nitrogens with zero attached hydrogens (tertiary/aromatic N) is 5. The van der Waals surface area contributed by atoms with E-state index in [1.165, 1.54) is 13.3 Å². The SMILES string of the molecule is COc1cc([N+](=O)[O-])c(F)cc1NC=C(C#N)c1nn[nH]n1. The van der Waals surface area contributed by atoms with Gasteiger partial charge in [0.15, 0.2) is 0 Å². The number of ether oxygens (including phenoxy) is 1. The Labute approximate surface area is 122 Å². The summed E-state index contributed by atoms with van der Waals surface area (Å²) < 4.78 is 18.6. The molecule has 0 spiro atoms. The summed E-state index contributed by atoms with van der Waals surface area (Å²) in [6.07, 6.45) is 1.20. The summed E-state index contributed by atoms with van der Waals surface area (Å²) in [4.78, 5) is 9.81. The number of nitro benzene ring substituents is 1. The van der Waals surface area contributed by atoms with E-state index in [9.17, 15) is 14.5 Å². The monoisotopic (exact) mass is 305 g/mol. The van der Waals surface area contributed by atoms with Crippen LogP contribution in [0.3, 0.4) is 0 Å². The molecule has 0 aliphatic rings. The van der Waals surface area contributed by atoms with Crippen LogP contribution in [0.4, 0.5) is 15.8 Å².